The summed E-state index contributed by atoms with van der Waals surface area (Å²) in [7, 11) is 0. The van der Waals surface area contributed by atoms with Crippen LogP contribution in [0.25, 0.3) is 0 Å². The van der Waals surface area contributed by atoms with E-state index >= 15 is 0 Å². The molecule has 0 aliphatic carbocycles. The van der Waals surface area contributed by atoms with Crippen molar-refractivity contribution < 1.29 is 0 Å². The largest absolute Gasteiger partial charge is 0.325 e. The van der Waals surface area contributed by atoms with E-state index in [1.54, 1.807) is 11.8 Å². The lowest BCUT2D eigenvalue weighted by molar-refractivity contribution is 0.942. The highest BCUT2D eigenvalue weighted by Crippen LogP contribution is 2.27. The third-order valence-corrected chi connectivity index (χ3v) is 3.17. The van der Waals surface area contributed by atoms with E-state index in [-0.39, 0.29) is 0 Å². The molecular weight excluding hydrogens is 240 g/mol. The van der Waals surface area contributed by atoms with Gasteiger partial charge in [0.1, 0.15) is 5.03 Å². The molecule has 1 aromatic heterocycles. The van der Waals surface area contributed by atoms with Crippen molar-refractivity contribution in [1.29, 1.82) is 0 Å². The molecule has 0 atom stereocenters. The van der Waals surface area contributed by atoms with Gasteiger partial charge in [0.05, 0.1) is 5.69 Å². The Balaban J connectivity index is 2.20. The zero-order valence-electron chi connectivity index (χ0n) is 8.56. The predicted molar refractivity (Wildman–Crippen MR) is 67.7 cm³/mol. The van der Waals surface area contributed by atoms with Crippen LogP contribution in [0.4, 0.5) is 0 Å². The maximum atomic E-state index is 5.92. The van der Waals surface area contributed by atoms with Crippen LogP contribution in [0.15, 0.2) is 52.4 Å². The zero-order chi connectivity index (χ0) is 11.4. The monoisotopic (exact) mass is 250 g/mol. The van der Waals surface area contributed by atoms with Crippen molar-refractivity contribution in [2.75, 3.05) is 0 Å². The van der Waals surface area contributed by atoms with Gasteiger partial charge in [-0.1, -0.05) is 35.5 Å². The lowest BCUT2D eigenvalue weighted by Gasteiger charge is -2.03. The van der Waals surface area contributed by atoms with E-state index in [9.17, 15) is 0 Å². The quantitative estimate of drug-likeness (QED) is 0.908. The normalized spacial score (nSPS) is 10.4. The zero-order valence-corrected chi connectivity index (χ0v) is 10.1. The predicted octanol–water partition coefficient (Wildman–Crippen LogP) is 3.34. The van der Waals surface area contributed by atoms with E-state index in [4.69, 9.17) is 17.3 Å². The molecule has 2 aromatic rings. The first-order valence-electron chi connectivity index (χ1n) is 4.87. The second-order valence-corrected chi connectivity index (χ2v) is 4.76. The Morgan fingerprint density at radius 2 is 2.00 bits per heavy atom. The Kier molecular flexibility index (Phi) is 3.83. The number of pyridine rings is 1. The van der Waals surface area contributed by atoms with Crippen molar-refractivity contribution in [2.45, 2.75) is 16.5 Å². The summed E-state index contributed by atoms with van der Waals surface area (Å²) < 4.78 is 0. The highest BCUT2D eigenvalue weighted by atomic mass is 35.5. The fourth-order valence-electron chi connectivity index (χ4n) is 1.28. The molecule has 0 radical (unpaired) electrons. The minimum absolute atomic E-state index is 0.462. The number of hydrogen-bond donors (Lipinski definition) is 1. The van der Waals surface area contributed by atoms with Gasteiger partial charge in [-0.25, -0.2) is 4.98 Å². The molecule has 82 valence electrons. The molecular formula is C12H11ClN2S. The molecule has 2 N–H and O–H groups in total. The standard InChI is InChI=1S/C12H11ClN2S/c13-9-3-1-5-11(7-9)16-12-6-2-4-10(8-14)15-12/h1-7H,8,14H2. The minimum Gasteiger partial charge on any atom is -0.325 e. The van der Waals surface area contributed by atoms with Crippen molar-refractivity contribution >= 4 is 23.4 Å². The molecule has 0 unspecified atom stereocenters. The van der Waals surface area contributed by atoms with Gasteiger partial charge in [0.15, 0.2) is 0 Å². The van der Waals surface area contributed by atoms with Crippen LogP contribution < -0.4 is 5.73 Å². The molecule has 0 amide bonds. The first kappa shape index (κ1) is 11.5. The van der Waals surface area contributed by atoms with Crippen LogP contribution in [-0.4, -0.2) is 4.98 Å². The number of halogens is 1. The first-order valence-corrected chi connectivity index (χ1v) is 6.07. The van der Waals surface area contributed by atoms with E-state index in [1.807, 2.05) is 42.5 Å². The molecule has 0 bridgehead atoms. The van der Waals surface area contributed by atoms with Gasteiger partial charge >= 0.3 is 0 Å². The minimum atomic E-state index is 0.462. The van der Waals surface area contributed by atoms with Crippen LogP contribution in [0.2, 0.25) is 5.02 Å². The maximum absolute atomic E-state index is 5.92. The first-order chi connectivity index (χ1) is 7.78. The molecule has 0 saturated carbocycles. The number of nitrogens with two attached hydrogens (primary N) is 1. The van der Waals surface area contributed by atoms with Gasteiger partial charge in [-0.05, 0) is 30.3 Å². The smallest absolute Gasteiger partial charge is 0.101 e. The SMILES string of the molecule is NCc1cccc(Sc2cccc(Cl)c2)n1. The number of rotatable bonds is 3. The van der Waals surface area contributed by atoms with Crippen molar-refractivity contribution in [3.05, 3.63) is 53.2 Å². The van der Waals surface area contributed by atoms with Crippen molar-refractivity contribution in [3.8, 4) is 0 Å². The summed E-state index contributed by atoms with van der Waals surface area (Å²) >= 11 is 7.50. The van der Waals surface area contributed by atoms with Crippen molar-refractivity contribution in [1.82, 2.24) is 4.98 Å². The van der Waals surface area contributed by atoms with Crippen molar-refractivity contribution in [3.63, 3.8) is 0 Å². The van der Waals surface area contributed by atoms with Crippen LogP contribution >= 0.6 is 23.4 Å². The summed E-state index contributed by atoms with van der Waals surface area (Å²) in [6.45, 7) is 0.462. The molecule has 0 saturated heterocycles. The van der Waals surface area contributed by atoms with E-state index in [1.165, 1.54) is 0 Å². The Labute approximate surface area is 104 Å². The fourth-order valence-corrected chi connectivity index (χ4v) is 2.42. The summed E-state index contributed by atoms with van der Waals surface area (Å²) in [5.74, 6) is 0. The van der Waals surface area contributed by atoms with Crippen molar-refractivity contribution in [2.24, 2.45) is 5.73 Å². The van der Waals surface area contributed by atoms with E-state index in [2.05, 4.69) is 4.98 Å². The van der Waals surface area contributed by atoms with Crippen LogP contribution in [-0.2, 0) is 6.54 Å². The Morgan fingerprint density at radius 1 is 1.19 bits per heavy atom. The highest BCUT2D eigenvalue weighted by Gasteiger charge is 2.00. The molecule has 0 fully saturated rings. The average molecular weight is 251 g/mol. The molecule has 2 rings (SSSR count). The van der Waals surface area contributed by atoms with E-state index in [0.29, 0.717) is 6.54 Å². The van der Waals surface area contributed by atoms with Gasteiger partial charge in [-0.3, -0.25) is 0 Å². The Bertz CT molecular complexity index is 488. The van der Waals surface area contributed by atoms with E-state index < -0.39 is 0 Å². The fraction of sp³-hybridized carbons (Fsp3) is 0.0833. The molecule has 1 aromatic carbocycles. The molecule has 1 heterocycles. The van der Waals surface area contributed by atoms with Crippen LogP contribution in [0.1, 0.15) is 5.69 Å². The summed E-state index contributed by atoms with van der Waals surface area (Å²) in [5.41, 5.74) is 6.44. The summed E-state index contributed by atoms with van der Waals surface area (Å²) in [4.78, 5) is 5.49. The third kappa shape index (κ3) is 2.98. The van der Waals surface area contributed by atoms with Gasteiger partial charge in [-0.15, -0.1) is 0 Å². The third-order valence-electron chi connectivity index (χ3n) is 2.01. The molecule has 0 aliphatic rings. The van der Waals surface area contributed by atoms with Gasteiger partial charge in [-0.2, -0.15) is 0 Å². The molecule has 4 heteroatoms. The van der Waals surface area contributed by atoms with Gasteiger partial charge in [0.2, 0.25) is 0 Å². The van der Waals surface area contributed by atoms with E-state index in [0.717, 1.165) is 20.6 Å². The summed E-state index contributed by atoms with van der Waals surface area (Å²) in [6.07, 6.45) is 0. The van der Waals surface area contributed by atoms with Crippen LogP contribution in [0.5, 0.6) is 0 Å². The van der Waals surface area contributed by atoms with Gasteiger partial charge < -0.3 is 5.73 Å². The lowest BCUT2D eigenvalue weighted by Crippen LogP contribution is -1.99. The number of hydrogen-bond acceptors (Lipinski definition) is 3. The van der Waals surface area contributed by atoms with Crippen LogP contribution in [0.3, 0.4) is 0 Å². The summed E-state index contributed by atoms with van der Waals surface area (Å²) in [5, 5.41) is 1.67. The molecule has 0 aliphatic heterocycles. The molecule has 0 spiro atoms. The molecule has 16 heavy (non-hydrogen) atoms. The average Bonchev–Trinajstić information content (AvgIpc) is 2.29. The topological polar surface area (TPSA) is 38.9 Å². The number of nitrogens with zero attached hydrogens (tertiary/aromatic N) is 1. The number of benzene rings is 1. The maximum Gasteiger partial charge on any atom is 0.101 e. The Morgan fingerprint density at radius 3 is 2.75 bits per heavy atom. The Hall–Kier alpha value is -1.03. The highest BCUT2D eigenvalue weighted by molar-refractivity contribution is 7.99. The number of aromatic nitrogens is 1. The molecule has 2 nitrogen and oxygen atoms in total. The summed E-state index contributed by atoms with van der Waals surface area (Å²) in [6, 6.07) is 13.6. The second-order valence-electron chi connectivity index (χ2n) is 3.23. The lowest BCUT2D eigenvalue weighted by atomic mass is 10.4. The van der Waals surface area contributed by atoms with Crippen LogP contribution in [0, 0.1) is 0 Å². The van der Waals surface area contributed by atoms with Gasteiger partial charge in [0.25, 0.3) is 0 Å². The van der Waals surface area contributed by atoms with Gasteiger partial charge in [0, 0.05) is 16.5 Å². The second kappa shape index (κ2) is 5.34.